The van der Waals surface area contributed by atoms with Crippen LogP contribution >= 0.6 is 0 Å². The van der Waals surface area contributed by atoms with Crippen LogP contribution in [0.4, 0.5) is 22.0 Å². The molecule has 0 radical (unpaired) electrons. The topological polar surface area (TPSA) is 9.23 Å². The van der Waals surface area contributed by atoms with Crippen LogP contribution in [-0.2, 0) is 0 Å². The van der Waals surface area contributed by atoms with Crippen LogP contribution in [0.25, 0.3) is 0 Å². The van der Waals surface area contributed by atoms with Crippen molar-refractivity contribution in [3.05, 3.63) is 41.7 Å². The van der Waals surface area contributed by atoms with E-state index in [2.05, 4.69) is 10.8 Å². The Bertz CT molecular complexity index is 698. The van der Waals surface area contributed by atoms with E-state index in [0.717, 1.165) is 43.2 Å². The lowest BCUT2D eigenvalue weighted by molar-refractivity contribution is -0.275. The average molecular weight is 445 g/mol. The summed E-state index contributed by atoms with van der Waals surface area (Å²) in [4.78, 5) is 0. The minimum absolute atomic E-state index is 0.206. The summed E-state index contributed by atoms with van der Waals surface area (Å²) in [5.41, 5.74) is 0.768. The Morgan fingerprint density at radius 1 is 0.903 bits per heavy atom. The first-order valence-corrected chi connectivity index (χ1v) is 11.6. The molecule has 2 aliphatic carbocycles. The van der Waals surface area contributed by atoms with Crippen molar-refractivity contribution in [2.45, 2.75) is 82.9 Å². The summed E-state index contributed by atoms with van der Waals surface area (Å²) in [6.07, 6.45) is 11.3. The number of rotatable bonds is 8. The molecule has 3 rings (SSSR count). The van der Waals surface area contributed by atoms with Gasteiger partial charge in [0.2, 0.25) is 0 Å². The lowest BCUT2D eigenvalue weighted by atomic mass is 9.74. The van der Waals surface area contributed by atoms with Crippen molar-refractivity contribution in [1.29, 1.82) is 0 Å². The maximum absolute atomic E-state index is 14.0. The van der Waals surface area contributed by atoms with Gasteiger partial charge in [0.05, 0.1) is 6.67 Å². The van der Waals surface area contributed by atoms with Crippen molar-refractivity contribution < 1.29 is 26.7 Å². The van der Waals surface area contributed by atoms with Gasteiger partial charge in [-0.25, -0.2) is 4.39 Å². The summed E-state index contributed by atoms with van der Waals surface area (Å²) in [7, 11) is 0. The lowest BCUT2D eigenvalue weighted by Crippen LogP contribution is -2.18. The van der Waals surface area contributed by atoms with Gasteiger partial charge in [-0.15, -0.1) is 13.2 Å². The summed E-state index contributed by atoms with van der Waals surface area (Å²) >= 11 is 0. The van der Waals surface area contributed by atoms with Crippen molar-refractivity contribution in [3.63, 3.8) is 0 Å². The van der Waals surface area contributed by atoms with E-state index < -0.39 is 17.9 Å². The molecule has 174 valence electrons. The summed E-state index contributed by atoms with van der Waals surface area (Å²) in [5, 5.41) is 0. The molecule has 0 aromatic heterocycles. The van der Waals surface area contributed by atoms with E-state index in [1.807, 2.05) is 6.08 Å². The van der Waals surface area contributed by atoms with Crippen molar-refractivity contribution >= 4 is 0 Å². The van der Waals surface area contributed by atoms with Crippen LogP contribution in [0.5, 0.6) is 5.75 Å². The van der Waals surface area contributed by atoms with Crippen LogP contribution in [-0.4, -0.2) is 13.0 Å². The number of ether oxygens (including phenoxy) is 1. The molecule has 0 aliphatic heterocycles. The van der Waals surface area contributed by atoms with E-state index in [0.29, 0.717) is 18.3 Å². The number of halogens is 5. The van der Waals surface area contributed by atoms with Crippen LogP contribution in [0.3, 0.4) is 0 Å². The summed E-state index contributed by atoms with van der Waals surface area (Å²) < 4.78 is 66.8. The van der Waals surface area contributed by atoms with Crippen molar-refractivity contribution in [2.24, 2.45) is 17.8 Å². The van der Waals surface area contributed by atoms with Gasteiger partial charge in [-0.05, 0) is 99.2 Å². The quantitative estimate of drug-likeness (QED) is 0.288. The van der Waals surface area contributed by atoms with Gasteiger partial charge >= 0.3 is 6.36 Å². The molecule has 1 aromatic rings. The maximum atomic E-state index is 14.0. The molecular weight excluding hydrogens is 411 g/mol. The molecule has 0 bridgehead atoms. The second-order valence-corrected chi connectivity index (χ2v) is 9.22. The van der Waals surface area contributed by atoms with E-state index in [1.165, 1.54) is 44.6 Å². The predicted octanol–water partition coefficient (Wildman–Crippen LogP) is 8.50. The minimum atomic E-state index is -4.88. The summed E-state index contributed by atoms with van der Waals surface area (Å²) in [6, 6.07) is 3.86. The van der Waals surface area contributed by atoms with Gasteiger partial charge in [-0.2, -0.15) is 0 Å². The number of hydrogen-bond donors (Lipinski definition) is 0. The highest BCUT2D eigenvalue weighted by Crippen LogP contribution is 2.40. The summed E-state index contributed by atoms with van der Waals surface area (Å²) in [5.74, 6) is 0.586. The second kappa shape index (κ2) is 11.3. The zero-order valence-corrected chi connectivity index (χ0v) is 18.0. The molecule has 0 amide bonds. The minimum Gasteiger partial charge on any atom is -0.403 e. The van der Waals surface area contributed by atoms with Crippen molar-refractivity contribution in [1.82, 2.24) is 0 Å². The normalized spacial score (nSPS) is 27.5. The Kier molecular flexibility index (Phi) is 8.79. The van der Waals surface area contributed by atoms with Crippen LogP contribution < -0.4 is 4.74 Å². The zero-order chi connectivity index (χ0) is 22.3. The Morgan fingerprint density at radius 2 is 1.52 bits per heavy atom. The zero-order valence-electron chi connectivity index (χ0n) is 18.0. The van der Waals surface area contributed by atoms with Gasteiger partial charge in [0.1, 0.15) is 0 Å². The van der Waals surface area contributed by atoms with Crippen LogP contribution in [0.2, 0.25) is 0 Å². The highest BCUT2D eigenvalue weighted by molar-refractivity contribution is 5.31. The molecule has 0 unspecified atom stereocenters. The maximum Gasteiger partial charge on any atom is 0.573 e. The first-order chi connectivity index (χ1) is 14.8. The predicted molar refractivity (Wildman–Crippen MR) is 112 cm³/mol. The average Bonchev–Trinajstić information content (AvgIpc) is 2.74. The lowest BCUT2D eigenvalue weighted by Gasteiger charge is -2.31. The molecule has 6 heteroatoms. The van der Waals surface area contributed by atoms with Crippen LogP contribution in [0.1, 0.15) is 82.1 Å². The fourth-order valence-corrected chi connectivity index (χ4v) is 5.26. The number of allylic oxidation sites excluding steroid dienone is 2. The first-order valence-electron chi connectivity index (χ1n) is 11.6. The Hall–Kier alpha value is -1.59. The fourth-order valence-electron chi connectivity index (χ4n) is 5.26. The molecule has 0 saturated heterocycles. The Morgan fingerprint density at radius 3 is 2.06 bits per heavy atom. The molecule has 2 saturated carbocycles. The van der Waals surface area contributed by atoms with Gasteiger partial charge in [-0.1, -0.05) is 31.1 Å². The highest BCUT2D eigenvalue weighted by Gasteiger charge is 2.33. The Balaban J connectivity index is 1.38. The smallest absolute Gasteiger partial charge is 0.403 e. The third kappa shape index (κ3) is 7.80. The molecule has 31 heavy (non-hydrogen) atoms. The summed E-state index contributed by atoms with van der Waals surface area (Å²) in [6.45, 7) is -0.277. The molecule has 0 heterocycles. The van der Waals surface area contributed by atoms with Gasteiger partial charge in [-0.3, -0.25) is 4.39 Å². The van der Waals surface area contributed by atoms with Crippen LogP contribution in [0, 0.1) is 23.6 Å². The SMILES string of the molecule is FCC/C=C/C1CCC(CCC2CCC(c3ccc(OC(F)(F)F)c(F)c3)CC2)CC1. The Labute approximate surface area is 182 Å². The van der Waals surface area contributed by atoms with Gasteiger partial charge in [0, 0.05) is 0 Å². The molecule has 0 atom stereocenters. The number of alkyl halides is 4. The molecule has 0 N–H and O–H groups in total. The third-order valence-electron chi connectivity index (χ3n) is 7.06. The van der Waals surface area contributed by atoms with Crippen molar-refractivity contribution in [3.8, 4) is 5.75 Å². The molecule has 1 aromatic carbocycles. The van der Waals surface area contributed by atoms with Gasteiger partial charge in [0.15, 0.2) is 11.6 Å². The van der Waals surface area contributed by atoms with Gasteiger partial charge < -0.3 is 4.74 Å². The van der Waals surface area contributed by atoms with E-state index >= 15 is 0 Å². The number of benzene rings is 1. The fraction of sp³-hybridized carbons (Fsp3) is 0.680. The van der Waals surface area contributed by atoms with E-state index in [-0.39, 0.29) is 12.6 Å². The van der Waals surface area contributed by atoms with E-state index in [9.17, 15) is 22.0 Å². The standard InChI is InChI=1S/C25H33F5O/c26-16-2-1-3-18-4-6-19(7-5-18)8-9-20-10-12-21(13-11-20)22-14-15-24(23(27)17-22)31-25(28,29)30/h1,3,14-15,17-21H,2,4-13,16H2/b3-1+. The van der Waals surface area contributed by atoms with E-state index in [4.69, 9.17) is 0 Å². The first kappa shape index (κ1) is 24.1. The largest absolute Gasteiger partial charge is 0.573 e. The number of hydrogen-bond acceptors (Lipinski definition) is 1. The second-order valence-electron chi connectivity index (χ2n) is 9.22. The van der Waals surface area contributed by atoms with Crippen molar-refractivity contribution in [2.75, 3.05) is 6.67 Å². The van der Waals surface area contributed by atoms with Gasteiger partial charge in [0.25, 0.3) is 0 Å². The molecule has 1 nitrogen and oxygen atoms in total. The molecular formula is C25H33F5O. The third-order valence-corrected chi connectivity index (χ3v) is 7.06. The van der Waals surface area contributed by atoms with Crippen LogP contribution in [0.15, 0.2) is 30.4 Å². The molecule has 2 fully saturated rings. The highest BCUT2D eigenvalue weighted by atomic mass is 19.4. The van der Waals surface area contributed by atoms with E-state index in [1.54, 1.807) is 6.07 Å². The molecule has 2 aliphatic rings. The molecule has 0 spiro atoms. The monoisotopic (exact) mass is 444 g/mol.